The van der Waals surface area contributed by atoms with Gasteiger partial charge < -0.3 is 24.8 Å². The SMILES string of the molecule is CC1=CC2=CN=CC2=C1.C[SiH](C)[O][Zr+2].[Cl-].[Cl-]. The van der Waals surface area contributed by atoms with Gasteiger partial charge in [-0.1, -0.05) is 0 Å². The van der Waals surface area contributed by atoms with E-state index in [1.54, 1.807) is 0 Å². The quantitative estimate of drug-likeness (QED) is 0.444. The Bertz CT molecular complexity index is 338. The molecule has 0 amide bonds. The monoisotopic (exact) mass is 352 g/mol. The molecule has 2 rings (SSSR count). The van der Waals surface area contributed by atoms with E-state index >= 15 is 0 Å². The molecule has 0 bridgehead atoms. The predicted octanol–water partition coefficient (Wildman–Crippen LogP) is -3.70. The van der Waals surface area contributed by atoms with Gasteiger partial charge in [0.1, 0.15) is 0 Å². The summed E-state index contributed by atoms with van der Waals surface area (Å²) < 4.78 is 4.98. The van der Waals surface area contributed by atoms with Crippen LogP contribution in [0.4, 0.5) is 0 Å². The summed E-state index contributed by atoms with van der Waals surface area (Å²) in [4.78, 5) is 4.00. The molecule has 0 N–H and O–H groups in total. The van der Waals surface area contributed by atoms with Crippen LogP contribution in [0.1, 0.15) is 6.92 Å². The van der Waals surface area contributed by atoms with Crippen LogP contribution in [0.25, 0.3) is 0 Å². The van der Waals surface area contributed by atoms with Crippen LogP contribution < -0.4 is 24.8 Å². The van der Waals surface area contributed by atoms with E-state index in [0.717, 1.165) is 0 Å². The average molecular weight is 354 g/mol. The normalized spacial score (nSPS) is 15.0. The molecule has 0 unspecified atom stereocenters. The molecule has 2 aliphatic rings. The first-order chi connectivity index (χ1) is 6.63. The van der Waals surface area contributed by atoms with Crippen LogP contribution in [0.15, 0.2) is 40.1 Å². The van der Waals surface area contributed by atoms with Crippen LogP contribution in [0.3, 0.4) is 0 Å². The van der Waals surface area contributed by atoms with E-state index in [-0.39, 0.29) is 24.8 Å². The van der Waals surface area contributed by atoms with Gasteiger partial charge in [-0.05, 0) is 24.6 Å². The molecule has 0 radical (unpaired) electrons. The molecule has 0 saturated carbocycles. The first-order valence-corrected chi connectivity index (χ1v) is 8.38. The van der Waals surface area contributed by atoms with Crippen LogP contribution in [0.5, 0.6) is 0 Å². The number of rotatable bonds is 1. The molecule has 0 aromatic carbocycles. The molecule has 0 aromatic rings. The maximum Gasteiger partial charge on any atom is -1.00 e. The molecule has 1 heterocycles. The zero-order chi connectivity index (χ0) is 10.6. The van der Waals surface area contributed by atoms with Gasteiger partial charge in [0.2, 0.25) is 0 Å². The Morgan fingerprint density at radius 3 is 2.19 bits per heavy atom. The minimum absolute atomic E-state index is 0. The van der Waals surface area contributed by atoms with Gasteiger partial charge in [-0.2, -0.15) is 0 Å². The van der Waals surface area contributed by atoms with E-state index in [2.05, 4.69) is 37.2 Å². The van der Waals surface area contributed by atoms with Gasteiger partial charge in [0, 0.05) is 23.6 Å². The predicted molar refractivity (Wildman–Crippen MR) is 58.4 cm³/mol. The number of nitrogens with zero attached hydrogens (tertiary/aromatic N) is 1. The topological polar surface area (TPSA) is 21.6 Å². The maximum atomic E-state index is 4.98. The second kappa shape index (κ2) is 9.55. The fourth-order valence-corrected chi connectivity index (χ4v) is 1.12. The molecule has 1 aliphatic carbocycles. The van der Waals surface area contributed by atoms with Crippen molar-refractivity contribution in [2.24, 2.45) is 4.99 Å². The van der Waals surface area contributed by atoms with Gasteiger partial charge >= 0.3 is 49.8 Å². The zero-order valence-corrected chi connectivity index (χ0v) is 14.6. The van der Waals surface area contributed by atoms with E-state index in [1.165, 1.54) is 41.9 Å². The molecule has 2 nitrogen and oxygen atoms in total. The van der Waals surface area contributed by atoms with E-state index in [1.807, 2.05) is 12.4 Å². The Hall–Kier alpha value is 0.530. The van der Waals surface area contributed by atoms with E-state index < -0.39 is 9.04 Å². The van der Waals surface area contributed by atoms with E-state index in [4.69, 9.17) is 2.50 Å². The summed E-state index contributed by atoms with van der Waals surface area (Å²) in [5.41, 5.74) is 3.84. The third-order valence-corrected chi connectivity index (χ3v) is 5.71. The number of halogens is 2. The van der Waals surface area contributed by atoms with Gasteiger partial charge in [0.25, 0.3) is 0 Å². The number of aliphatic imine (C=N–C) groups is 1. The van der Waals surface area contributed by atoms with Crippen LogP contribution in [-0.2, 0) is 27.7 Å². The summed E-state index contributed by atoms with van der Waals surface area (Å²) in [7, 11) is -0.610. The number of fused-ring (bicyclic) bond motifs is 1. The molecular formula is C10H14Cl2NOSiZr. The second-order valence-corrected chi connectivity index (χ2v) is 7.59. The zero-order valence-electron chi connectivity index (χ0n) is 9.50. The Morgan fingerprint density at radius 1 is 1.19 bits per heavy atom. The van der Waals surface area contributed by atoms with Crippen LogP contribution in [0, 0.1) is 0 Å². The molecule has 0 fully saturated rings. The van der Waals surface area contributed by atoms with Crippen LogP contribution in [0.2, 0.25) is 13.1 Å². The third kappa shape index (κ3) is 6.31. The summed E-state index contributed by atoms with van der Waals surface area (Å²) in [6.45, 7) is 6.42. The molecule has 0 saturated heterocycles. The van der Waals surface area contributed by atoms with Crippen LogP contribution >= 0.6 is 0 Å². The van der Waals surface area contributed by atoms with E-state index in [0.29, 0.717) is 0 Å². The van der Waals surface area contributed by atoms with Crippen molar-refractivity contribution in [3.05, 3.63) is 35.1 Å². The molecule has 87 valence electrons. The van der Waals surface area contributed by atoms with Crippen molar-refractivity contribution < 1.29 is 52.5 Å². The number of hydrogen-bond donors (Lipinski definition) is 0. The van der Waals surface area contributed by atoms with Gasteiger partial charge in [-0.15, -0.1) is 0 Å². The fraction of sp³-hybridized carbons (Fsp3) is 0.300. The van der Waals surface area contributed by atoms with Gasteiger partial charge in [0.05, 0.1) is 0 Å². The average Bonchev–Trinajstić information content (AvgIpc) is 2.64. The molecular weight excluding hydrogens is 340 g/mol. The van der Waals surface area contributed by atoms with Crippen molar-refractivity contribution in [3.63, 3.8) is 0 Å². The van der Waals surface area contributed by atoms with Gasteiger partial charge in [-0.3, -0.25) is 4.99 Å². The first-order valence-electron chi connectivity index (χ1n) is 4.59. The Morgan fingerprint density at radius 2 is 1.75 bits per heavy atom. The van der Waals surface area contributed by atoms with Gasteiger partial charge in [0.15, 0.2) is 0 Å². The number of allylic oxidation sites excluding steroid dienone is 5. The summed E-state index contributed by atoms with van der Waals surface area (Å²) in [6, 6.07) is 0. The van der Waals surface area contributed by atoms with Gasteiger partial charge in [-0.25, -0.2) is 0 Å². The minimum Gasteiger partial charge on any atom is -1.00 e. The first kappa shape index (κ1) is 18.9. The maximum absolute atomic E-state index is 4.98. The molecule has 1 aliphatic heterocycles. The smallest absolute Gasteiger partial charge is 1.00 e. The van der Waals surface area contributed by atoms with Crippen molar-refractivity contribution >= 4 is 15.3 Å². The fourth-order valence-electron chi connectivity index (χ4n) is 1.12. The minimum atomic E-state index is -0.610. The summed E-state index contributed by atoms with van der Waals surface area (Å²) in [5.74, 6) is 0. The van der Waals surface area contributed by atoms with Crippen LogP contribution in [-0.4, -0.2) is 15.3 Å². The van der Waals surface area contributed by atoms with Crippen molar-refractivity contribution in [1.29, 1.82) is 0 Å². The molecule has 0 spiro atoms. The summed E-state index contributed by atoms with van der Waals surface area (Å²) in [6.07, 6.45) is 8.06. The van der Waals surface area contributed by atoms with E-state index in [9.17, 15) is 0 Å². The summed E-state index contributed by atoms with van der Waals surface area (Å²) in [5, 5.41) is 0. The van der Waals surface area contributed by atoms with Crippen molar-refractivity contribution in [3.8, 4) is 0 Å². The largest absolute Gasteiger partial charge is 1.00 e. The van der Waals surface area contributed by atoms with Crippen molar-refractivity contribution in [2.45, 2.75) is 20.0 Å². The Balaban J connectivity index is 0. The van der Waals surface area contributed by atoms with Crippen molar-refractivity contribution in [2.75, 3.05) is 0 Å². The Labute approximate surface area is 127 Å². The Kier molecular flexibility index (Phi) is 11.3. The standard InChI is InChI=1S/C8H7N.C2H7OSi.2ClH.Zr/c1-6-2-7-4-9-5-8(7)3-6;1-4(2)3;;;/h2-5H,1H3;4H,1-2H3;2*1H;/q;-1;;;+3/p-2. The molecule has 6 heteroatoms. The molecule has 16 heavy (non-hydrogen) atoms. The summed E-state index contributed by atoms with van der Waals surface area (Å²) >= 11 is 1.23. The van der Waals surface area contributed by atoms with Crippen molar-refractivity contribution in [1.82, 2.24) is 0 Å². The second-order valence-electron chi connectivity index (χ2n) is 3.52. The molecule has 0 aromatic heterocycles. The number of hydrogen-bond acceptors (Lipinski definition) is 2. The third-order valence-electron chi connectivity index (χ3n) is 1.76. The molecule has 0 atom stereocenters.